The molecule has 1 saturated carbocycles. The smallest absolute Gasteiger partial charge is 0.138 e. The second kappa shape index (κ2) is 5.43. The van der Waals surface area contributed by atoms with Gasteiger partial charge in [0.2, 0.25) is 0 Å². The van der Waals surface area contributed by atoms with E-state index >= 15 is 0 Å². The maximum absolute atomic E-state index is 4.30. The molecule has 0 aromatic carbocycles. The van der Waals surface area contributed by atoms with Gasteiger partial charge in [0.15, 0.2) is 0 Å². The van der Waals surface area contributed by atoms with E-state index in [9.17, 15) is 0 Å². The van der Waals surface area contributed by atoms with Gasteiger partial charge in [-0.15, -0.1) is 0 Å². The fourth-order valence-corrected chi connectivity index (χ4v) is 2.07. The fraction of sp³-hybridized carbons (Fsp3) is 0.833. The van der Waals surface area contributed by atoms with E-state index in [-0.39, 0.29) is 0 Å². The monoisotopic (exact) mass is 222 g/mol. The van der Waals surface area contributed by atoms with E-state index in [0.717, 1.165) is 24.7 Å². The first-order valence-electron chi connectivity index (χ1n) is 6.35. The molecule has 2 rings (SSSR count). The van der Waals surface area contributed by atoms with E-state index in [1.54, 1.807) is 6.33 Å². The number of nitrogens with zero attached hydrogens (tertiary/aromatic N) is 3. The third-order valence-corrected chi connectivity index (χ3v) is 3.23. The molecule has 16 heavy (non-hydrogen) atoms. The summed E-state index contributed by atoms with van der Waals surface area (Å²) < 4.78 is 1.88. The zero-order chi connectivity index (χ0) is 11.4. The van der Waals surface area contributed by atoms with Crippen molar-refractivity contribution in [2.75, 3.05) is 6.54 Å². The maximum Gasteiger partial charge on any atom is 0.138 e. The van der Waals surface area contributed by atoms with Crippen LogP contribution in [0.4, 0.5) is 0 Å². The number of hydrogen-bond acceptors (Lipinski definition) is 3. The first-order chi connectivity index (χ1) is 7.79. The van der Waals surface area contributed by atoms with E-state index in [1.807, 2.05) is 11.7 Å². The Balaban J connectivity index is 1.87. The van der Waals surface area contributed by atoms with Crippen LogP contribution in [-0.2, 0) is 13.5 Å². The Morgan fingerprint density at radius 2 is 2.38 bits per heavy atom. The van der Waals surface area contributed by atoms with Crippen LogP contribution in [0.3, 0.4) is 0 Å². The van der Waals surface area contributed by atoms with Crippen molar-refractivity contribution in [2.24, 2.45) is 13.0 Å². The van der Waals surface area contributed by atoms with Crippen LogP contribution in [0.15, 0.2) is 6.33 Å². The second-order valence-corrected chi connectivity index (χ2v) is 4.83. The summed E-state index contributed by atoms with van der Waals surface area (Å²) in [7, 11) is 1.97. The highest BCUT2D eigenvalue weighted by molar-refractivity contribution is 4.91. The fourth-order valence-electron chi connectivity index (χ4n) is 2.07. The normalized spacial score (nSPS) is 17.6. The molecule has 1 atom stereocenters. The lowest BCUT2D eigenvalue weighted by molar-refractivity contribution is 0.441. The maximum atomic E-state index is 4.30. The van der Waals surface area contributed by atoms with Gasteiger partial charge >= 0.3 is 0 Å². The van der Waals surface area contributed by atoms with Gasteiger partial charge in [0.25, 0.3) is 0 Å². The van der Waals surface area contributed by atoms with Crippen LogP contribution < -0.4 is 5.32 Å². The zero-order valence-corrected chi connectivity index (χ0v) is 10.3. The van der Waals surface area contributed by atoms with Crippen molar-refractivity contribution in [3.05, 3.63) is 12.2 Å². The van der Waals surface area contributed by atoms with Crippen molar-refractivity contribution in [1.82, 2.24) is 20.1 Å². The highest BCUT2D eigenvalue weighted by Crippen LogP contribution is 2.33. The van der Waals surface area contributed by atoms with Crippen LogP contribution in [0, 0.1) is 5.92 Å². The molecule has 0 saturated heterocycles. The lowest BCUT2D eigenvalue weighted by atomic mass is 10.1. The molecule has 4 heteroatoms. The Bertz CT molecular complexity index is 317. The molecule has 1 aliphatic carbocycles. The summed E-state index contributed by atoms with van der Waals surface area (Å²) in [6.45, 7) is 3.32. The molecule has 1 aromatic heterocycles. The topological polar surface area (TPSA) is 42.7 Å². The van der Waals surface area contributed by atoms with E-state index in [0.29, 0.717) is 6.04 Å². The molecule has 0 aliphatic heterocycles. The Labute approximate surface area is 97.5 Å². The quantitative estimate of drug-likeness (QED) is 0.760. The zero-order valence-electron chi connectivity index (χ0n) is 10.3. The van der Waals surface area contributed by atoms with Gasteiger partial charge in [0, 0.05) is 19.5 Å². The molecule has 1 aliphatic rings. The SMILES string of the molecule is CCCNC(Cc1ncnn1C)CC1CC1. The number of nitrogens with one attached hydrogen (secondary N) is 1. The van der Waals surface area contributed by atoms with Crippen LogP contribution in [0.1, 0.15) is 38.4 Å². The third-order valence-electron chi connectivity index (χ3n) is 3.23. The van der Waals surface area contributed by atoms with Crippen LogP contribution in [0.5, 0.6) is 0 Å². The van der Waals surface area contributed by atoms with E-state index in [1.165, 1.54) is 25.7 Å². The van der Waals surface area contributed by atoms with Crippen molar-refractivity contribution in [1.29, 1.82) is 0 Å². The molecule has 90 valence electrons. The molecule has 1 unspecified atom stereocenters. The summed E-state index contributed by atoms with van der Waals surface area (Å²) in [6, 6.07) is 0.579. The van der Waals surface area contributed by atoms with Gasteiger partial charge in [-0.1, -0.05) is 19.8 Å². The number of aryl methyl sites for hydroxylation is 1. The van der Waals surface area contributed by atoms with Crippen molar-refractivity contribution in [2.45, 2.75) is 45.1 Å². The third kappa shape index (κ3) is 3.30. The minimum atomic E-state index is 0.579. The van der Waals surface area contributed by atoms with E-state index < -0.39 is 0 Å². The Morgan fingerprint density at radius 3 is 2.94 bits per heavy atom. The summed E-state index contributed by atoms with van der Waals surface area (Å²) in [5.41, 5.74) is 0. The van der Waals surface area contributed by atoms with Crippen LogP contribution >= 0.6 is 0 Å². The largest absolute Gasteiger partial charge is 0.314 e. The van der Waals surface area contributed by atoms with Gasteiger partial charge < -0.3 is 5.32 Å². The van der Waals surface area contributed by atoms with Crippen molar-refractivity contribution < 1.29 is 0 Å². The highest BCUT2D eigenvalue weighted by atomic mass is 15.3. The van der Waals surface area contributed by atoms with Gasteiger partial charge in [0.1, 0.15) is 12.2 Å². The van der Waals surface area contributed by atoms with Gasteiger partial charge in [-0.25, -0.2) is 4.98 Å². The van der Waals surface area contributed by atoms with Crippen LogP contribution in [-0.4, -0.2) is 27.4 Å². The lowest BCUT2D eigenvalue weighted by Gasteiger charge is -2.17. The van der Waals surface area contributed by atoms with Crippen molar-refractivity contribution in [3.63, 3.8) is 0 Å². The molecule has 1 aromatic rings. The first-order valence-corrected chi connectivity index (χ1v) is 6.35. The number of hydrogen-bond donors (Lipinski definition) is 1. The predicted molar refractivity (Wildman–Crippen MR) is 64.1 cm³/mol. The number of rotatable bonds is 7. The first kappa shape index (κ1) is 11.6. The molecule has 4 nitrogen and oxygen atoms in total. The standard InChI is InChI=1S/C12H22N4/c1-3-6-13-11(7-10-4-5-10)8-12-14-9-15-16(12)2/h9-11,13H,3-8H2,1-2H3. The second-order valence-electron chi connectivity index (χ2n) is 4.83. The predicted octanol–water partition coefficient (Wildman–Crippen LogP) is 1.53. The summed E-state index contributed by atoms with van der Waals surface area (Å²) in [5, 5.41) is 7.75. The van der Waals surface area contributed by atoms with Crippen molar-refractivity contribution >= 4 is 0 Å². The minimum absolute atomic E-state index is 0.579. The van der Waals surface area contributed by atoms with Gasteiger partial charge in [-0.2, -0.15) is 5.10 Å². The average molecular weight is 222 g/mol. The van der Waals surface area contributed by atoms with E-state index in [4.69, 9.17) is 0 Å². The highest BCUT2D eigenvalue weighted by Gasteiger charge is 2.25. The summed E-state index contributed by atoms with van der Waals surface area (Å²) in [5.74, 6) is 2.05. The molecular weight excluding hydrogens is 200 g/mol. The molecule has 1 fully saturated rings. The molecule has 0 bridgehead atoms. The minimum Gasteiger partial charge on any atom is -0.314 e. The molecule has 0 spiro atoms. The van der Waals surface area contributed by atoms with Crippen LogP contribution in [0.2, 0.25) is 0 Å². The van der Waals surface area contributed by atoms with Gasteiger partial charge in [0.05, 0.1) is 0 Å². The summed E-state index contributed by atoms with van der Waals surface area (Å²) in [6.07, 6.45) is 7.98. The Kier molecular flexibility index (Phi) is 3.93. The van der Waals surface area contributed by atoms with Gasteiger partial charge in [-0.05, 0) is 25.3 Å². The average Bonchev–Trinajstić information content (AvgIpc) is 3.00. The van der Waals surface area contributed by atoms with Crippen molar-refractivity contribution in [3.8, 4) is 0 Å². The van der Waals surface area contributed by atoms with E-state index in [2.05, 4.69) is 22.3 Å². The Morgan fingerprint density at radius 1 is 1.56 bits per heavy atom. The Hall–Kier alpha value is -0.900. The summed E-state index contributed by atoms with van der Waals surface area (Å²) >= 11 is 0. The molecule has 1 heterocycles. The summed E-state index contributed by atoms with van der Waals surface area (Å²) in [4.78, 5) is 4.30. The lowest BCUT2D eigenvalue weighted by Crippen LogP contribution is -2.33. The molecule has 0 amide bonds. The molecule has 1 N–H and O–H groups in total. The molecular formula is C12H22N4. The number of aromatic nitrogens is 3. The molecule has 0 radical (unpaired) electrons. The van der Waals surface area contributed by atoms with Crippen LogP contribution in [0.25, 0.3) is 0 Å². The van der Waals surface area contributed by atoms with Gasteiger partial charge in [-0.3, -0.25) is 4.68 Å².